The summed E-state index contributed by atoms with van der Waals surface area (Å²) in [6, 6.07) is 9.75. The van der Waals surface area contributed by atoms with Gasteiger partial charge in [0.25, 0.3) is 5.69 Å². The maximum atomic E-state index is 12.3. The first kappa shape index (κ1) is 18.3. The van der Waals surface area contributed by atoms with Crippen molar-refractivity contribution in [1.82, 2.24) is 0 Å². The van der Waals surface area contributed by atoms with Gasteiger partial charge >= 0.3 is 5.97 Å². The van der Waals surface area contributed by atoms with Crippen LogP contribution in [0.5, 0.6) is 11.5 Å². The van der Waals surface area contributed by atoms with Crippen molar-refractivity contribution in [2.75, 3.05) is 25.6 Å². The SMILES string of the molecule is O=C(OCCSc1ccc(Cl)cc1)c1cc2c(cc1[N+](=O)[O-])OCCO2. The summed E-state index contributed by atoms with van der Waals surface area (Å²) < 4.78 is 15.9. The van der Waals surface area contributed by atoms with Crippen LogP contribution >= 0.6 is 23.4 Å². The van der Waals surface area contributed by atoms with E-state index < -0.39 is 10.9 Å². The molecule has 0 amide bonds. The summed E-state index contributed by atoms with van der Waals surface area (Å²) in [5.74, 6) is 0.277. The highest BCUT2D eigenvalue weighted by molar-refractivity contribution is 7.99. The van der Waals surface area contributed by atoms with Crippen LogP contribution in [-0.2, 0) is 4.74 Å². The molecule has 1 aliphatic heterocycles. The molecule has 0 spiro atoms. The van der Waals surface area contributed by atoms with Gasteiger partial charge in [-0.05, 0) is 24.3 Å². The fourth-order valence-corrected chi connectivity index (χ4v) is 3.15. The summed E-state index contributed by atoms with van der Waals surface area (Å²) in [5, 5.41) is 11.9. The van der Waals surface area contributed by atoms with E-state index in [9.17, 15) is 14.9 Å². The second-order valence-electron chi connectivity index (χ2n) is 5.21. The molecule has 2 aromatic carbocycles. The molecule has 2 aromatic rings. The summed E-state index contributed by atoms with van der Waals surface area (Å²) in [5.41, 5.74) is -0.527. The van der Waals surface area contributed by atoms with Crippen LogP contribution in [0.1, 0.15) is 10.4 Å². The molecule has 0 bridgehead atoms. The molecule has 7 nitrogen and oxygen atoms in total. The highest BCUT2D eigenvalue weighted by atomic mass is 35.5. The van der Waals surface area contributed by atoms with Crippen molar-refractivity contribution in [3.05, 3.63) is 57.1 Å². The van der Waals surface area contributed by atoms with Crippen molar-refractivity contribution >= 4 is 35.0 Å². The van der Waals surface area contributed by atoms with Crippen LogP contribution in [0.2, 0.25) is 5.02 Å². The average molecular weight is 396 g/mol. The zero-order valence-corrected chi connectivity index (χ0v) is 15.0. The summed E-state index contributed by atoms with van der Waals surface area (Å²) >= 11 is 7.31. The summed E-state index contributed by atoms with van der Waals surface area (Å²) in [4.78, 5) is 23.8. The van der Waals surface area contributed by atoms with Gasteiger partial charge in [-0.15, -0.1) is 11.8 Å². The number of rotatable bonds is 6. The van der Waals surface area contributed by atoms with E-state index in [1.807, 2.05) is 12.1 Å². The Balaban J connectivity index is 1.63. The van der Waals surface area contributed by atoms with E-state index in [-0.39, 0.29) is 23.6 Å². The number of halogens is 1. The molecule has 3 rings (SSSR count). The Hall–Kier alpha value is -2.45. The number of hydrogen-bond acceptors (Lipinski definition) is 7. The molecule has 0 aliphatic carbocycles. The standard InChI is InChI=1S/C17H14ClNO6S/c18-11-1-3-12(4-2-11)26-8-7-25-17(20)13-9-15-16(24-6-5-23-15)10-14(13)19(21)22/h1-4,9-10H,5-8H2. The van der Waals surface area contributed by atoms with Gasteiger partial charge in [0, 0.05) is 21.7 Å². The monoisotopic (exact) mass is 395 g/mol. The molecule has 1 aliphatic rings. The largest absolute Gasteiger partial charge is 0.486 e. The molecule has 1 heterocycles. The summed E-state index contributed by atoms with van der Waals surface area (Å²) in [7, 11) is 0. The number of hydrogen-bond donors (Lipinski definition) is 0. The smallest absolute Gasteiger partial charge is 0.345 e. The minimum Gasteiger partial charge on any atom is -0.486 e. The maximum absolute atomic E-state index is 12.3. The van der Waals surface area contributed by atoms with Gasteiger partial charge < -0.3 is 14.2 Å². The molecule has 0 N–H and O–H groups in total. The molecule has 0 saturated heterocycles. The Labute approximate surface area is 158 Å². The maximum Gasteiger partial charge on any atom is 0.345 e. The minimum absolute atomic E-state index is 0.109. The number of nitro benzene ring substituents is 1. The van der Waals surface area contributed by atoms with Crippen LogP contribution in [0, 0.1) is 10.1 Å². The fourth-order valence-electron chi connectivity index (χ4n) is 2.30. The number of fused-ring (bicyclic) bond motifs is 1. The van der Waals surface area contributed by atoms with Gasteiger partial charge in [0.05, 0.1) is 11.0 Å². The molecular weight excluding hydrogens is 382 g/mol. The Morgan fingerprint density at radius 2 is 1.85 bits per heavy atom. The third-order valence-corrected chi connectivity index (χ3v) is 4.70. The van der Waals surface area contributed by atoms with Gasteiger partial charge in [-0.25, -0.2) is 4.79 Å². The van der Waals surface area contributed by atoms with Crippen LogP contribution in [0.4, 0.5) is 5.69 Å². The molecule has 0 unspecified atom stereocenters. The molecule has 136 valence electrons. The number of carbonyl (C=O) groups is 1. The third kappa shape index (κ3) is 4.39. The van der Waals surface area contributed by atoms with Gasteiger partial charge in [0.15, 0.2) is 11.5 Å². The van der Waals surface area contributed by atoms with E-state index in [1.54, 1.807) is 12.1 Å². The fraction of sp³-hybridized carbons (Fsp3) is 0.235. The van der Waals surface area contributed by atoms with E-state index in [1.165, 1.54) is 23.9 Å². The first-order chi connectivity index (χ1) is 12.5. The molecular formula is C17H14ClNO6S. The Kier molecular flexibility index (Phi) is 5.85. The average Bonchev–Trinajstić information content (AvgIpc) is 2.65. The van der Waals surface area contributed by atoms with Crippen LogP contribution in [0.25, 0.3) is 0 Å². The Morgan fingerprint density at radius 1 is 1.19 bits per heavy atom. The molecule has 9 heteroatoms. The van der Waals surface area contributed by atoms with Crippen molar-refractivity contribution in [1.29, 1.82) is 0 Å². The van der Waals surface area contributed by atoms with Crippen molar-refractivity contribution < 1.29 is 23.9 Å². The van der Waals surface area contributed by atoms with E-state index in [0.717, 1.165) is 4.90 Å². The van der Waals surface area contributed by atoms with E-state index in [0.29, 0.717) is 29.7 Å². The molecule has 26 heavy (non-hydrogen) atoms. The predicted octanol–water partition coefficient (Wildman–Crippen LogP) is 3.97. The molecule has 0 atom stereocenters. The first-order valence-electron chi connectivity index (χ1n) is 7.68. The van der Waals surface area contributed by atoms with Crippen LogP contribution in [0.3, 0.4) is 0 Å². The lowest BCUT2D eigenvalue weighted by atomic mass is 10.1. The molecule has 0 aromatic heterocycles. The summed E-state index contributed by atoms with van der Waals surface area (Å²) in [6.45, 7) is 0.727. The van der Waals surface area contributed by atoms with E-state index >= 15 is 0 Å². The lowest BCUT2D eigenvalue weighted by Gasteiger charge is -2.18. The van der Waals surface area contributed by atoms with Gasteiger partial charge in [0.2, 0.25) is 0 Å². The van der Waals surface area contributed by atoms with E-state index in [2.05, 4.69) is 0 Å². The molecule has 0 radical (unpaired) electrons. The minimum atomic E-state index is -0.773. The first-order valence-corrected chi connectivity index (χ1v) is 9.04. The highest BCUT2D eigenvalue weighted by Gasteiger charge is 2.27. The Bertz CT molecular complexity index is 827. The number of nitro groups is 1. The van der Waals surface area contributed by atoms with Crippen molar-refractivity contribution in [3.63, 3.8) is 0 Å². The van der Waals surface area contributed by atoms with Gasteiger partial charge in [-0.3, -0.25) is 10.1 Å². The third-order valence-electron chi connectivity index (χ3n) is 3.48. The number of carbonyl (C=O) groups excluding carboxylic acids is 1. The normalized spacial score (nSPS) is 12.5. The van der Waals surface area contributed by atoms with Gasteiger partial charge in [-0.2, -0.15) is 0 Å². The molecule has 0 fully saturated rings. The van der Waals surface area contributed by atoms with Crippen molar-refractivity contribution in [3.8, 4) is 11.5 Å². The zero-order valence-electron chi connectivity index (χ0n) is 13.5. The van der Waals surface area contributed by atoms with Crippen LogP contribution in [0.15, 0.2) is 41.3 Å². The second kappa shape index (κ2) is 8.29. The number of thioether (sulfide) groups is 1. The van der Waals surface area contributed by atoms with Crippen LogP contribution < -0.4 is 9.47 Å². The van der Waals surface area contributed by atoms with E-state index in [4.69, 9.17) is 25.8 Å². The topological polar surface area (TPSA) is 87.9 Å². The lowest BCUT2D eigenvalue weighted by molar-refractivity contribution is -0.385. The van der Waals surface area contributed by atoms with Gasteiger partial charge in [0.1, 0.15) is 25.4 Å². The zero-order chi connectivity index (χ0) is 18.5. The Morgan fingerprint density at radius 3 is 2.50 bits per heavy atom. The number of esters is 1. The number of ether oxygens (including phenoxy) is 3. The number of nitrogens with zero attached hydrogens (tertiary/aromatic N) is 1. The highest BCUT2D eigenvalue weighted by Crippen LogP contribution is 2.36. The number of benzene rings is 2. The van der Waals surface area contributed by atoms with Crippen molar-refractivity contribution in [2.24, 2.45) is 0 Å². The quantitative estimate of drug-likeness (QED) is 0.240. The lowest BCUT2D eigenvalue weighted by Crippen LogP contribution is -2.17. The molecule has 0 saturated carbocycles. The van der Waals surface area contributed by atoms with Crippen LogP contribution in [-0.4, -0.2) is 36.5 Å². The van der Waals surface area contributed by atoms with Gasteiger partial charge in [-0.1, -0.05) is 11.6 Å². The van der Waals surface area contributed by atoms with Crippen molar-refractivity contribution in [2.45, 2.75) is 4.90 Å². The second-order valence-corrected chi connectivity index (χ2v) is 6.81. The summed E-state index contributed by atoms with van der Waals surface area (Å²) in [6.07, 6.45) is 0. The predicted molar refractivity (Wildman–Crippen MR) is 96.5 cm³/mol.